The molecule has 0 bridgehead atoms. The van der Waals surface area contributed by atoms with Gasteiger partial charge >= 0.3 is 0 Å². The third kappa shape index (κ3) is 3.44. The summed E-state index contributed by atoms with van der Waals surface area (Å²) in [5.74, 6) is -2.96. The molecule has 0 aromatic carbocycles. The number of carbonyl (C=O) groups excluding carboxylic acids is 1. The minimum atomic E-state index is -2.60. The van der Waals surface area contributed by atoms with E-state index >= 15 is 0 Å². The van der Waals surface area contributed by atoms with E-state index < -0.39 is 12.0 Å². The highest BCUT2D eigenvalue weighted by Crippen LogP contribution is 2.37. The van der Waals surface area contributed by atoms with Crippen LogP contribution in [0.4, 0.5) is 8.78 Å². The summed E-state index contributed by atoms with van der Waals surface area (Å²) in [4.78, 5) is 13.9. The van der Waals surface area contributed by atoms with Crippen molar-refractivity contribution in [1.82, 2.24) is 4.90 Å². The third-order valence-corrected chi connectivity index (χ3v) is 4.61. The van der Waals surface area contributed by atoms with Crippen molar-refractivity contribution in [2.45, 2.75) is 69.4 Å². The van der Waals surface area contributed by atoms with Crippen molar-refractivity contribution in [2.75, 3.05) is 7.05 Å². The van der Waals surface area contributed by atoms with Crippen LogP contribution in [-0.2, 0) is 4.79 Å². The molecule has 2 fully saturated rings. The molecule has 0 spiro atoms. The Labute approximate surface area is 113 Å². The van der Waals surface area contributed by atoms with Crippen LogP contribution in [0.5, 0.6) is 0 Å². The van der Waals surface area contributed by atoms with Gasteiger partial charge in [-0.3, -0.25) is 4.79 Å². The zero-order valence-corrected chi connectivity index (χ0v) is 11.4. The van der Waals surface area contributed by atoms with Crippen molar-refractivity contribution < 1.29 is 18.7 Å². The van der Waals surface area contributed by atoms with Crippen molar-refractivity contribution >= 4 is 5.91 Å². The summed E-state index contributed by atoms with van der Waals surface area (Å²) in [7, 11) is 1.70. The van der Waals surface area contributed by atoms with Gasteiger partial charge in [0.25, 0.3) is 0 Å². The minimum Gasteiger partial charge on any atom is -0.391 e. The third-order valence-electron chi connectivity index (χ3n) is 4.61. The predicted molar refractivity (Wildman–Crippen MR) is 67.9 cm³/mol. The Morgan fingerprint density at radius 3 is 2.32 bits per heavy atom. The van der Waals surface area contributed by atoms with Gasteiger partial charge in [0.05, 0.1) is 12.1 Å². The number of alkyl halides is 2. The second kappa shape index (κ2) is 5.73. The quantitative estimate of drug-likeness (QED) is 0.841. The Balaban J connectivity index is 1.92. The number of hydrogen-bond donors (Lipinski definition) is 1. The van der Waals surface area contributed by atoms with E-state index in [1.807, 2.05) is 0 Å². The van der Waals surface area contributed by atoms with Crippen LogP contribution in [0.15, 0.2) is 0 Å². The molecule has 0 radical (unpaired) electrons. The van der Waals surface area contributed by atoms with Gasteiger partial charge in [0.15, 0.2) is 0 Å². The van der Waals surface area contributed by atoms with Crippen LogP contribution in [0.25, 0.3) is 0 Å². The molecule has 2 rings (SSSR count). The Hall–Kier alpha value is -0.710. The first kappa shape index (κ1) is 14.7. The SMILES string of the molecule is CN(C(=O)C1CCC(F)(F)CC1)C1CCCCC1O. The van der Waals surface area contributed by atoms with Gasteiger partial charge in [0.2, 0.25) is 11.8 Å². The maximum atomic E-state index is 13.1. The summed E-state index contributed by atoms with van der Waals surface area (Å²) in [5, 5.41) is 9.96. The van der Waals surface area contributed by atoms with Gasteiger partial charge in [-0.1, -0.05) is 12.8 Å². The van der Waals surface area contributed by atoms with E-state index in [0.29, 0.717) is 0 Å². The van der Waals surface area contributed by atoms with Crippen molar-refractivity contribution in [3.63, 3.8) is 0 Å². The van der Waals surface area contributed by atoms with Crippen LogP contribution in [-0.4, -0.2) is 41.0 Å². The van der Waals surface area contributed by atoms with E-state index in [1.165, 1.54) is 0 Å². The first-order valence-electron chi connectivity index (χ1n) is 7.23. The van der Waals surface area contributed by atoms with E-state index in [1.54, 1.807) is 11.9 Å². The lowest BCUT2D eigenvalue weighted by Crippen LogP contribution is -2.49. The monoisotopic (exact) mass is 275 g/mol. The highest BCUT2D eigenvalue weighted by Gasteiger charge is 2.40. The predicted octanol–water partition coefficient (Wildman–Crippen LogP) is 2.57. The van der Waals surface area contributed by atoms with Gasteiger partial charge in [0, 0.05) is 25.8 Å². The zero-order chi connectivity index (χ0) is 14.0. The highest BCUT2D eigenvalue weighted by atomic mass is 19.3. The smallest absolute Gasteiger partial charge is 0.248 e. The molecule has 1 amide bonds. The average Bonchev–Trinajstić information content (AvgIpc) is 2.38. The minimum absolute atomic E-state index is 0.0681. The fourth-order valence-corrected chi connectivity index (χ4v) is 3.28. The van der Waals surface area contributed by atoms with Crippen LogP contribution >= 0.6 is 0 Å². The lowest BCUT2D eigenvalue weighted by molar-refractivity contribution is -0.143. The van der Waals surface area contributed by atoms with Crippen LogP contribution in [0.2, 0.25) is 0 Å². The maximum absolute atomic E-state index is 13.1. The standard InChI is InChI=1S/C14H23F2NO2/c1-17(11-4-2-3-5-12(11)18)13(19)10-6-8-14(15,16)9-7-10/h10-12,18H,2-9H2,1H3. The van der Waals surface area contributed by atoms with Gasteiger partial charge < -0.3 is 10.0 Å². The number of aliphatic hydroxyl groups excluding tert-OH is 1. The summed E-state index contributed by atoms with van der Waals surface area (Å²) in [6.45, 7) is 0. The number of carbonyl (C=O) groups is 1. The second-order valence-electron chi connectivity index (χ2n) is 6.00. The lowest BCUT2D eigenvalue weighted by Gasteiger charge is -2.38. The number of aliphatic hydroxyl groups is 1. The summed E-state index contributed by atoms with van der Waals surface area (Å²) in [6.07, 6.45) is 3.23. The second-order valence-corrected chi connectivity index (χ2v) is 6.00. The van der Waals surface area contributed by atoms with Crippen molar-refractivity contribution in [2.24, 2.45) is 5.92 Å². The highest BCUT2D eigenvalue weighted by molar-refractivity contribution is 5.79. The van der Waals surface area contributed by atoms with Gasteiger partial charge in [-0.05, 0) is 25.7 Å². The number of hydrogen-bond acceptors (Lipinski definition) is 2. The molecule has 2 aliphatic carbocycles. The molecule has 110 valence electrons. The molecule has 5 heteroatoms. The molecule has 0 aromatic rings. The van der Waals surface area contributed by atoms with Gasteiger partial charge in [0.1, 0.15) is 0 Å². The van der Waals surface area contributed by atoms with Crippen LogP contribution in [0.3, 0.4) is 0 Å². The molecular formula is C14H23F2NO2. The number of amides is 1. The molecular weight excluding hydrogens is 252 g/mol. The molecule has 0 aliphatic heterocycles. The summed E-state index contributed by atoms with van der Waals surface area (Å²) >= 11 is 0. The topological polar surface area (TPSA) is 40.5 Å². The number of likely N-dealkylation sites (N-methyl/N-ethyl adjacent to an activating group) is 1. The Morgan fingerprint density at radius 2 is 1.74 bits per heavy atom. The first-order chi connectivity index (χ1) is 8.91. The maximum Gasteiger partial charge on any atom is 0.248 e. The van der Waals surface area contributed by atoms with E-state index in [-0.39, 0.29) is 43.6 Å². The molecule has 2 atom stereocenters. The zero-order valence-electron chi connectivity index (χ0n) is 11.4. The fraction of sp³-hybridized carbons (Fsp3) is 0.929. The molecule has 0 heterocycles. The normalized spacial score (nSPS) is 32.0. The first-order valence-corrected chi connectivity index (χ1v) is 7.23. The summed E-state index contributed by atoms with van der Waals surface area (Å²) < 4.78 is 26.2. The molecule has 0 saturated heterocycles. The van der Waals surface area contributed by atoms with E-state index in [4.69, 9.17) is 0 Å². The van der Waals surface area contributed by atoms with Crippen molar-refractivity contribution in [3.8, 4) is 0 Å². The Morgan fingerprint density at radius 1 is 1.16 bits per heavy atom. The number of nitrogens with zero attached hydrogens (tertiary/aromatic N) is 1. The number of rotatable bonds is 2. The van der Waals surface area contributed by atoms with E-state index in [9.17, 15) is 18.7 Å². The number of halogens is 2. The van der Waals surface area contributed by atoms with Crippen LogP contribution < -0.4 is 0 Å². The van der Waals surface area contributed by atoms with E-state index in [0.717, 1.165) is 25.7 Å². The van der Waals surface area contributed by atoms with Gasteiger partial charge in [-0.25, -0.2) is 8.78 Å². The lowest BCUT2D eigenvalue weighted by atomic mass is 9.84. The molecule has 1 N–H and O–H groups in total. The molecule has 0 aromatic heterocycles. The summed E-state index contributed by atoms with van der Waals surface area (Å²) in [6, 6.07) is -0.135. The average molecular weight is 275 g/mol. The molecule has 2 saturated carbocycles. The molecule has 2 unspecified atom stereocenters. The fourth-order valence-electron chi connectivity index (χ4n) is 3.28. The van der Waals surface area contributed by atoms with Crippen LogP contribution in [0.1, 0.15) is 51.4 Å². The van der Waals surface area contributed by atoms with Gasteiger partial charge in [-0.15, -0.1) is 0 Å². The largest absolute Gasteiger partial charge is 0.391 e. The Kier molecular flexibility index (Phi) is 4.43. The van der Waals surface area contributed by atoms with Crippen molar-refractivity contribution in [1.29, 1.82) is 0 Å². The molecule has 3 nitrogen and oxygen atoms in total. The van der Waals surface area contributed by atoms with Crippen LogP contribution in [0, 0.1) is 5.92 Å². The molecule has 19 heavy (non-hydrogen) atoms. The Bertz CT molecular complexity index is 325. The van der Waals surface area contributed by atoms with Gasteiger partial charge in [-0.2, -0.15) is 0 Å². The molecule has 2 aliphatic rings. The summed E-state index contributed by atoms with van der Waals surface area (Å²) in [5.41, 5.74) is 0. The van der Waals surface area contributed by atoms with E-state index in [2.05, 4.69) is 0 Å². The van der Waals surface area contributed by atoms with Crippen molar-refractivity contribution in [3.05, 3.63) is 0 Å².